The number of amides is 2. The van der Waals surface area contributed by atoms with Crippen molar-refractivity contribution in [3.8, 4) is 17.2 Å². The molecule has 0 spiro atoms. The largest absolute Gasteiger partial charge is 0.493 e. The summed E-state index contributed by atoms with van der Waals surface area (Å²) in [4.78, 5) is 24.1. The summed E-state index contributed by atoms with van der Waals surface area (Å²) in [7, 11) is 4.59. The van der Waals surface area contributed by atoms with Crippen molar-refractivity contribution in [2.75, 3.05) is 21.3 Å². The van der Waals surface area contributed by atoms with Crippen molar-refractivity contribution in [1.29, 1.82) is 0 Å². The minimum absolute atomic E-state index is 0.169. The van der Waals surface area contributed by atoms with Gasteiger partial charge in [0.15, 0.2) is 11.5 Å². The van der Waals surface area contributed by atoms with Gasteiger partial charge in [0, 0.05) is 6.42 Å². The molecule has 0 unspecified atom stereocenters. The molecule has 2 amide bonds. The lowest BCUT2D eigenvalue weighted by Crippen LogP contribution is -2.41. The van der Waals surface area contributed by atoms with Crippen molar-refractivity contribution in [3.63, 3.8) is 0 Å². The van der Waals surface area contributed by atoms with Crippen molar-refractivity contribution in [2.24, 2.45) is 0 Å². The smallest absolute Gasteiger partial charge is 0.273 e. The second kappa shape index (κ2) is 8.98. The second-order valence-electron chi connectivity index (χ2n) is 5.86. The van der Waals surface area contributed by atoms with Crippen molar-refractivity contribution in [3.05, 3.63) is 40.8 Å². The number of ether oxygens (including phenoxy) is 3. The van der Waals surface area contributed by atoms with E-state index in [4.69, 9.17) is 18.6 Å². The highest BCUT2D eigenvalue weighted by Gasteiger charge is 2.16. The van der Waals surface area contributed by atoms with E-state index < -0.39 is 5.91 Å². The number of hydrogen-bond donors (Lipinski definition) is 2. The molecular weight excluding hydrogens is 352 g/mol. The Balaban J connectivity index is 1.93. The summed E-state index contributed by atoms with van der Waals surface area (Å²) < 4.78 is 21.2. The summed E-state index contributed by atoms with van der Waals surface area (Å²) in [5.74, 6) is 1.91. The number of nitrogens with one attached hydrogen (secondary N) is 2. The quantitative estimate of drug-likeness (QED) is 0.720. The van der Waals surface area contributed by atoms with E-state index in [0.29, 0.717) is 40.8 Å². The lowest BCUT2D eigenvalue weighted by Gasteiger charge is -2.14. The fraction of sp³-hybridized carbons (Fsp3) is 0.368. The molecule has 27 heavy (non-hydrogen) atoms. The highest BCUT2D eigenvalue weighted by molar-refractivity contribution is 5.96. The number of methoxy groups -OCH3 is 3. The molecule has 0 aliphatic heterocycles. The minimum atomic E-state index is -0.425. The maximum absolute atomic E-state index is 12.1. The molecule has 2 rings (SSSR count). The summed E-state index contributed by atoms with van der Waals surface area (Å²) in [6, 6.07) is 5.18. The second-order valence-corrected chi connectivity index (χ2v) is 5.86. The first kappa shape index (κ1) is 20.2. The molecule has 0 fully saturated rings. The third-order valence-electron chi connectivity index (χ3n) is 3.97. The Labute approximate surface area is 157 Å². The number of carbonyl (C=O) groups excluding carboxylic acids is 2. The predicted molar refractivity (Wildman–Crippen MR) is 98.2 cm³/mol. The summed E-state index contributed by atoms with van der Waals surface area (Å²) >= 11 is 0. The molecular formula is C19H24N2O6. The van der Waals surface area contributed by atoms with E-state index >= 15 is 0 Å². The van der Waals surface area contributed by atoms with E-state index in [2.05, 4.69) is 10.9 Å². The van der Waals surface area contributed by atoms with Crippen LogP contribution in [0.15, 0.2) is 22.6 Å². The lowest BCUT2D eigenvalue weighted by atomic mass is 10.1. The standard InChI is InChI=1S/C19H24N2O6/c1-11-8-14(12(2)27-11)19(23)21-20-17(22)7-6-13-9-15(24-3)18(26-5)16(10-13)25-4/h8-10H,6-7H2,1-5H3,(H,20,22)(H,21,23). The van der Waals surface area contributed by atoms with Crippen molar-refractivity contribution < 1.29 is 28.2 Å². The minimum Gasteiger partial charge on any atom is -0.493 e. The molecule has 1 heterocycles. The maximum Gasteiger partial charge on any atom is 0.273 e. The normalized spacial score (nSPS) is 10.3. The van der Waals surface area contributed by atoms with Gasteiger partial charge in [0.05, 0.1) is 26.9 Å². The Morgan fingerprint density at radius 2 is 1.59 bits per heavy atom. The Morgan fingerprint density at radius 3 is 2.07 bits per heavy atom. The van der Waals surface area contributed by atoms with E-state index in [1.807, 2.05) is 0 Å². The van der Waals surface area contributed by atoms with Gasteiger partial charge in [-0.2, -0.15) is 0 Å². The van der Waals surface area contributed by atoms with Crippen LogP contribution in [0.3, 0.4) is 0 Å². The van der Waals surface area contributed by atoms with Crippen LogP contribution in [0, 0.1) is 13.8 Å². The third-order valence-corrected chi connectivity index (χ3v) is 3.97. The monoisotopic (exact) mass is 376 g/mol. The fourth-order valence-corrected chi connectivity index (χ4v) is 2.65. The first-order valence-corrected chi connectivity index (χ1v) is 8.34. The average Bonchev–Trinajstić information content (AvgIpc) is 3.01. The molecule has 0 saturated carbocycles. The van der Waals surface area contributed by atoms with Crippen LogP contribution in [0.2, 0.25) is 0 Å². The van der Waals surface area contributed by atoms with Crippen LogP contribution < -0.4 is 25.1 Å². The Bertz CT molecular complexity index is 803. The van der Waals surface area contributed by atoms with Crippen molar-refractivity contribution in [1.82, 2.24) is 10.9 Å². The van der Waals surface area contributed by atoms with Crippen LogP contribution in [0.25, 0.3) is 0 Å². The van der Waals surface area contributed by atoms with Gasteiger partial charge in [-0.1, -0.05) is 0 Å². The number of carbonyl (C=O) groups is 2. The topological polar surface area (TPSA) is 99.0 Å². The van der Waals surface area contributed by atoms with E-state index in [-0.39, 0.29) is 12.3 Å². The molecule has 0 radical (unpaired) electrons. The molecule has 1 aromatic heterocycles. The van der Waals surface area contributed by atoms with Gasteiger partial charge in [0.2, 0.25) is 11.7 Å². The van der Waals surface area contributed by atoms with E-state index in [1.165, 1.54) is 21.3 Å². The summed E-state index contributed by atoms with van der Waals surface area (Å²) in [6.45, 7) is 3.44. The van der Waals surface area contributed by atoms with Crippen LogP contribution in [0.1, 0.15) is 33.9 Å². The van der Waals surface area contributed by atoms with Gasteiger partial charge in [-0.15, -0.1) is 0 Å². The van der Waals surface area contributed by atoms with Crippen LogP contribution in [0.4, 0.5) is 0 Å². The van der Waals surface area contributed by atoms with Gasteiger partial charge in [0.25, 0.3) is 5.91 Å². The van der Waals surface area contributed by atoms with E-state index in [1.54, 1.807) is 32.0 Å². The molecule has 2 N–H and O–H groups in total. The summed E-state index contributed by atoms with van der Waals surface area (Å²) in [6.07, 6.45) is 0.602. The van der Waals surface area contributed by atoms with E-state index in [0.717, 1.165) is 5.56 Å². The average molecular weight is 376 g/mol. The van der Waals surface area contributed by atoms with Crippen LogP contribution in [-0.4, -0.2) is 33.1 Å². The van der Waals surface area contributed by atoms with Crippen molar-refractivity contribution >= 4 is 11.8 Å². The molecule has 0 aliphatic rings. The highest BCUT2D eigenvalue weighted by Crippen LogP contribution is 2.38. The van der Waals surface area contributed by atoms with Gasteiger partial charge in [-0.25, -0.2) is 0 Å². The zero-order valence-corrected chi connectivity index (χ0v) is 16.1. The van der Waals surface area contributed by atoms with E-state index in [9.17, 15) is 9.59 Å². The zero-order chi connectivity index (χ0) is 20.0. The number of hydrogen-bond acceptors (Lipinski definition) is 6. The molecule has 0 bridgehead atoms. The maximum atomic E-state index is 12.1. The molecule has 8 heteroatoms. The molecule has 0 atom stereocenters. The first-order valence-electron chi connectivity index (χ1n) is 8.34. The fourth-order valence-electron chi connectivity index (χ4n) is 2.65. The Morgan fingerprint density at radius 1 is 0.963 bits per heavy atom. The van der Waals surface area contributed by atoms with Crippen molar-refractivity contribution in [2.45, 2.75) is 26.7 Å². The number of hydrazine groups is 1. The van der Waals surface area contributed by atoms with Gasteiger partial charge in [-0.3, -0.25) is 20.4 Å². The van der Waals surface area contributed by atoms with Crippen LogP contribution in [-0.2, 0) is 11.2 Å². The van der Waals surface area contributed by atoms with Gasteiger partial charge in [0.1, 0.15) is 11.5 Å². The van der Waals surface area contributed by atoms with Gasteiger partial charge in [-0.05, 0) is 44.0 Å². The lowest BCUT2D eigenvalue weighted by molar-refractivity contribution is -0.121. The molecule has 2 aromatic rings. The van der Waals surface area contributed by atoms with Gasteiger partial charge >= 0.3 is 0 Å². The molecule has 0 aliphatic carbocycles. The zero-order valence-electron chi connectivity index (χ0n) is 16.1. The highest BCUT2D eigenvalue weighted by atomic mass is 16.5. The van der Waals surface area contributed by atoms with Crippen LogP contribution >= 0.6 is 0 Å². The number of aryl methyl sites for hydroxylation is 3. The number of rotatable bonds is 7. The molecule has 0 saturated heterocycles. The van der Waals surface area contributed by atoms with Gasteiger partial charge < -0.3 is 18.6 Å². The Hall–Kier alpha value is -3.16. The Kier molecular flexibility index (Phi) is 6.70. The third kappa shape index (κ3) is 4.93. The molecule has 1 aromatic carbocycles. The number of furan rings is 1. The number of benzene rings is 1. The predicted octanol–water partition coefficient (Wildman–Crippen LogP) is 2.32. The SMILES string of the molecule is COc1cc(CCC(=O)NNC(=O)c2cc(C)oc2C)cc(OC)c1OC. The summed E-state index contributed by atoms with van der Waals surface area (Å²) in [5, 5.41) is 0. The molecule has 146 valence electrons. The van der Waals surface area contributed by atoms with Crippen LogP contribution in [0.5, 0.6) is 17.2 Å². The summed E-state index contributed by atoms with van der Waals surface area (Å²) in [5.41, 5.74) is 6.01. The first-order chi connectivity index (χ1) is 12.9. The molecule has 8 nitrogen and oxygen atoms in total.